The molecule has 1 atom stereocenters. The number of piperidine rings is 1. The van der Waals surface area contributed by atoms with Crippen LogP contribution in [-0.4, -0.2) is 33.7 Å². The Morgan fingerprint density at radius 2 is 2.15 bits per heavy atom. The van der Waals surface area contributed by atoms with E-state index in [2.05, 4.69) is 9.97 Å². The third-order valence-corrected chi connectivity index (χ3v) is 4.77. The summed E-state index contributed by atoms with van der Waals surface area (Å²) < 4.78 is 29.9. The van der Waals surface area contributed by atoms with Crippen molar-refractivity contribution in [3.05, 3.63) is 53.4 Å². The number of imidazole rings is 1. The van der Waals surface area contributed by atoms with Gasteiger partial charge in [0.2, 0.25) is 5.95 Å². The molecule has 2 N–H and O–H groups in total. The topological polar surface area (TPSA) is 83.8 Å². The van der Waals surface area contributed by atoms with E-state index in [4.69, 9.17) is 11.0 Å². The number of benzene rings is 1. The Balaban J connectivity index is 1.82. The third kappa shape index (κ3) is 3.34. The maximum Gasteiger partial charge on any atom is 0.207 e. The fourth-order valence-electron chi connectivity index (χ4n) is 3.47. The first kappa shape index (κ1) is 17.4. The van der Waals surface area contributed by atoms with Gasteiger partial charge in [0, 0.05) is 37.5 Å². The highest BCUT2D eigenvalue weighted by molar-refractivity contribution is 5.80. The number of hydrogen-bond acceptors (Lipinski definition) is 5. The van der Waals surface area contributed by atoms with Gasteiger partial charge in [0.1, 0.15) is 17.4 Å². The molecule has 1 fully saturated rings. The van der Waals surface area contributed by atoms with Crippen LogP contribution >= 0.6 is 0 Å². The van der Waals surface area contributed by atoms with E-state index in [1.807, 2.05) is 11.0 Å². The smallest absolute Gasteiger partial charge is 0.207 e. The van der Waals surface area contributed by atoms with Gasteiger partial charge in [0.15, 0.2) is 5.82 Å². The first-order chi connectivity index (χ1) is 13.0. The lowest BCUT2D eigenvalue weighted by atomic mass is 10.1. The van der Waals surface area contributed by atoms with Crippen LogP contribution in [0.5, 0.6) is 0 Å². The van der Waals surface area contributed by atoms with E-state index < -0.39 is 11.6 Å². The molecule has 0 aliphatic carbocycles. The number of aromatic nitrogens is 3. The van der Waals surface area contributed by atoms with Crippen LogP contribution in [0.3, 0.4) is 0 Å². The molecule has 1 aliphatic rings. The van der Waals surface area contributed by atoms with Gasteiger partial charge in [-0.3, -0.25) is 4.98 Å². The van der Waals surface area contributed by atoms with Crippen molar-refractivity contribution in [1.29, 1.82) is 5.26 Å². The molecule has 1 saturated heterocycles. The van der Waals surface area contributed by atoms with Crippen molar-refractivity contribution in [2.75, 3.05) is 18.0 Å². The number of rotatable bonds is 3. The first-order valence-corrected chi connectivity index (χ1v) is 8.76. The van der Waals surface area contributed by atoms with Crippen LogP contribution in [0.4, 0.5) is 14.7 Å². The van der Waals surface area contributed by atoms with E-state index in [0.717, 1.165) is 25.5 Å². The maximum atomic E-state index is 14.3. The number of fused-ring (bicyclic) bond motifs is 1. The number of halogens is 2. The second kappa shape index (κ2) is 6.93. The zero-order chi connectivity index (χ0) is 19.0. The summed E-state index contributed by atoms with van der Waals surface area (Å²) >= 11 is 0. The Labute approximate surface area is 154 Å². The van der Waals surface area contributed by atoms with Gasteiger partial charge in [-0.2, -0.15) is 5.26 Å². The molecule has 1 aliphatic heterocycles. The summed E-state index contributed by atoms with van der Waals surface area (Å²) in [5.41, 5.74) is 7.70. The van der Waals surface area contributed by atoms with Crippen molar-refractivity contribution in [2.24, 2.45) is 5.73 Å². The first-order valence-electron chi connectivity index (χ1n) is 8.76. The molecule has 0 radical (unpaired) electrons. The molecular weight excluding hydrogens is 350 g/mol. The molecule has 0 saturated carbocycles. The van der Waals surface area contributed by atoms with E-state index in [-0.39, 0.29) is 18.1 Å². The monoisotopic (exact) mass is 368 g/mol. The fourth-order valence-corrected chi connectivity index (χ4v) is 3.47. The van der Waals surface area contributed by atoms with Gasteiger partial charge in [-0.25, -0.2) is 13.8 Å². The Morgan fingerprint density at radius 1 is 1.30 bits per heavy atom. The van der Waals surface area contributed by atoms with Crippen LogP contribution in [0, 0.1) is 23.0 Å². The molecule has 0 unspecified atom stereocenters. The Morgan fingerprint density at radius 3 is 2.85 bits per heavy atom. The summed E-state index contributed by atoms with van der Waals surface area (Å²) in [6.07, 6.45) is 3.32. The van der Waals surface area contributed by atoms with E-state index in [1.54, 1.807) is 16.7 Å². The van der Waals surface area contributed by atoms with E-state index in [1.165, 1.54) is 12.3 Å². The summed E-state index contributed by atoms with van der Waals surface area (Å²) in [5.74, 6) is -0.800. The lowest BCUT2D eigenvalue weighted by Crippen LogP contribution is -2.44. The minimum atomic E-state index is -0.695. The highest BCUT2D eigenvalue weighted by atomic mass is 19.1. The Hall–Kier alpha value is -3.05. The molecule has 4 rings (SSSR count). The molecule has 0 bridgehead atoms. The maximum absolute atomic E-state index is 14.3. The molecule has 1 aromatic carbocycles. The summed E-state index contributed by atoms with van der Waals surface area (Å²) in [6, 6.07) is 7.55. The van der Waals surface area contributed by atoms with Gasteiger partial charge in [-0.15, -0.1) is 0 Å². The highest BCUT2D eigenvalue weighted by Gasteiger charge is 2.24. The van der Waals surface area contributed by atoms with Crippen molar-refractivity contribution in [1.82, 2.24) is 14.5 Å². The van der Waals surface area contributed by atoms with Crippen LogP contribution in [0.2, 0.25) is 0 Å². The van der Waals surface area contributed by atoms with Gasteiger partial charge in [0.05, 0.1) is 23.3 Å². The molecule has 138 valence electrons. The Bertz CT molecular complexity index is 1020. The molecular formula is C19H18F2N6. The molecule has 0 amide bonds. The van der Waals surface area contributed by atoms with Crippen molar-refractivity contribution in [3.63, 3.8) is 0 Å². The molecule has 2 aromatic heterocycles. The third-order valence-electron chi connectivity index (χ3n) is 4.77. The predicted molar refractivity (Wildman–Crippen MR) is 97.1 cm³/mol. The number of nitriles is 1. The zero-order valence-corrected chi connectivity index (χ0v) is 14.6. The van der Waals surface area contributed by atoms with Gasteiger partial charge in [0.25, 0.3) is 0 Å². The van der Waals surface area contributed by atoms with E-state index >= 15 is 0 Å². The number of anilines is 1. The summed E-state index contributed by atoms with van der Waals surface area (Å²) in [7, 11) is 0. The molecule has 8 heteroatoms. The SMILES string of the molecule is N#Cc1ccc(Cn2c(N3CCC[C@H](N)C3)nc3c(F)cc(F)cc32)nc1. The molecule has 0 spiro atoms. The van der Waals surface area contributed by atoms with Crippen LogP contribution in [0.25, 0.3) is 11.0 Å². The average molecular weight is 368 g/mol. The van der Waals surface area contributed by atoms with Gasteiger partial charge in [-0.1, -0.05) is 0 Å². The van der Waals surface area contributed by atoms with E-state index in [0.29, 0.717) is 29.3 Å². The fraction of sp³-hybridized carbons (Fsp3) is 0.316. The van der Waals surface area contributed by atoms with Gasteiger partial charge < -0.3 is 15.2 Å². The predicted octanol–water partition coefficient (Wildman–Crippen LogP) is 2.56. The lowest BCUT2D eigenvalue weighted by Gasteiger charge is -2.32. The minimum Gasteiger partial charge on any atom is -0.341 e. The van der Waals surface area contributed by atoms with Gasteiger partial charge in [-0.05, 0) is 25.0 Å². The number of nitrogens with two attached hydrogens (primary N) is 1. The summed E-state index contributed by atoms with van der Waals surface area (Å²) in [6.45, 7) is 1.64. The second-order valence-corrected chi connectivity index (χ2v) is 6.75. The molecule has 3 heterocycles. The largest absolute Gasteiger partial charge is 0.341 e. The number of pyridine rings is 1. The van der Waals surface area contributed by atoms with Crippen molar-refractivity contribution in [2.45, 2.75) is 25.4 Å². The molecule has 3 aromatic rings. The number of nitrogens with zero attached hydrogens (tertiary/aromatic N) is 5. The summed E-state index contributed by atoms with van der Waals surface area (Å²) in [5, 5.41) is 8.92. The summed E-state index contributed by atoms with van der Waals surface area (Å²) in [4.78, 5) is 10.7. The molecule has 27 heavy (non-hydrogen) atoms. The van der Waals surface area contributed by atoms with E-state index in [9.17, 15) is 8.78 Å². The van der Waals surface area contributed by atoms with Gasteiger partial charge >= 0.3 is 0 Å². The lowest BCUT2D eigenvalue weighted by molar-refractivity contribution is 0.495. The normalized spacial score (nSPS) is 17.3. The Kier molecular flexibility index (Phi) is 4.46. The standard InChI is InChI=1S/C19H18F2N6/c20-13-6-16(21)18-17(7-13)27(11-15-4-3-12(8-22)9-24-15)19(25-18)26-5-1-2-14(23)10-26/h3-4,6-7,9,14H,1-2,5,10-11,23H2/t14-/m0/s1. The zero-order valence-electron chi connectivity index (χ0n) is 14.6. The average Bonchev–Trinajstić information content (AvgIpc) is 3.01. The van der Waals surface area contributed by atoms with Crippen LogP contribution in [0.1, 0.15) is 24.1 Å². The van der Waals surface area contributed by atoms with Crippen LogP contribution in [0.15, 0.2) is 30.5 Å². The second-order valence-electron chi connectivity index (χ2n) is 6.75. The van der Waals surface area contributed by atoms with Crippen LogP contribution in [-0.2, 0) is 6.54 Å². The van der Waals surface area contributed by atoms with Crippen molar-refractivity contribution < 1.29 is 8.78 Å². The highest BCUT2D eigenvalue weighted by Crippen LogP contribution is 2.28. The van der Waals surface area contributed by atoms with Crippen molar-refractivity contribution in [3.8, 4) is 6.07 Å². The van der Waals surface area contributed by atoms with Crippen molar-refractivity contribution >= 4 is 17.0 Å². The minimum absolute atomic E-state index is 0.0154. The van der Waals surface area contributed by atoms with Crippen LogP contribution < -0.4 is 10.6 Å². The molecule has 6 nitrogen and oxygen atoms in total. The quantitative estimate of drug-likeness (QED) is 0.768. The number of hydrogen-bond donors (Lipinski definition) is 1.